The summed E-state index contributed by atoms with van der Waals surface area (Å²) >= 11 is 0. The summed E-state index contributed by atoms with van der Waals surface area (Å²) in [5.74, 6) is 2.61. The van der Waals surface area contributed by atoms with E-state index in [1.54, 1.807) is 20.4 Å². The minimum absolute atomic E-state index is 0.346. The molecular weight excluding hydrogens is 322 g/mol. The van der Waals surface area contributed by atoms with E-state index in [2.05, 4.69) is 36.1 Å². The Morgan fingerprint density at radius 3 is 2.08 bits per heavy atom. The maximum Gasteiger partial charge on any atom is 0.250 e. The Kier molecular flexibility index (Phi) is 6.76. The highest BCUT2D eigenvalue weighted by Gasteiger charge is 2.05. The van der Waals surface area contributed by atoms with Crippen LogP contribution in [0.5, 0.6) is 11.5 Å². The number of hydrogen-bond acceptors (Lipinski definition) is 9. The van der Waals surface area contributed by atoms with Crippen LogP contribution in [0.25, 0.3) is 0 Å². The van der Waals surface area contributed by atoms with Crippen molar-refractivity contribution in [2.24, 2.45) is 5.10 Å². The van der Waals surface area contributed by atoms with Crippen LogP contribution in [0.2, 0.25) is 0 Å². The van der Waals surface area contributed by atoms with Crippen LogP contribution in [-0.2, 0) is 0 Å². The van der Waals surface area contributed by atoms with Gasteiger partial charge in [-0.2, -0.15) is 20.1 Å². The fraction of sp³-hybridized carbons (Fsp3) is 0.375. The van der Waals surface area contributed by atoms with Gasteiger partial charge in [-0.25, -0.2) is 5.43 Å². The van der Waals surface area contributed by atoms with Gasteiger partial charge in [0.05, 0.1) is 20.4 Å². The molecule has 0 saturated heterocycles. The standard InChI is InChI=1S/C16H23N7O2/c1-5-17-14-20-15(18-6-2)22-16(21-14)23-19-10-11-7-8-12(24-3)13(9-11)25-4/h7-10H,5-6H2,1-4H3,(H3,17,18,20,21,22,23)/b19-10-. The van der Waals surface area contributed by atoms with Crippen molar-refractivity contribution in [1.82, 2.24) is 15.0 Å². The second-order valence-corrected chi connectivity index (χ2v) is 4.85. The molecule has 25 heavy (non-hydrogen) atoms. The highest BCUT2D eigenvalue weighted by Crippen LogP contribution is 2.26. The van der Waals surface area contributed by atoms with Gasteiger partial charge in [-0.1, -0.05) is 0 Å². The molecule has 0 atom stereocenters. The molecule has 0 amide bonds. The van der Waals surface area contributed by atoms with E-state index in [4.69, 9.17) is 9.47 Å². The van der Waals surface area contributed by atoms with Gasteiger partial charge in [0, 0.05) is 13.1 Å². The Labute approximate surface area is 146 Å². The molecule has 9 heteroatoms. The molecule has 0 bridgehead atoms. The highest BCUT2D eigenvalue weighted by atomic mass is 16.5. The van der Waals surface area contributed by atoms with Crippen molar-refractivity contribution in [2.75, 3.05) is 43.4 Å². The number of benzene rings is 1. The molecule has 1 aromatic heterocycles. The van der Waals surface area contributed by atoms with Crippen LogP contribution in [0.3, 0.4) is 0 Å². The summed E-state index contributed by atoms with van der Waals surface area (Å²) in [5.41, 5.74) is 3.66. The predicted molar refractivity (Wildman–Crippen MR) is 98.9 cm³/mol. The lowest BCUT2D eigenvalue weighted by Crippen LogP contribution is -2.10. The van der Waals surface area contributed by atoms with Crippen molar-refractivity contribution >= 4 is 24.1 Å². The van der Waals surface area contributed by atoms with Crippen molar-refractivity contribution in [2.45, 2.75) is 13.8 Å². The lowest BCUT2D eigenvalue weighted by atomic mass is 10.2. The molecule has 0 fully saturated rings. The number of nitrogens with one attached hydrogen (secondary N) is 3. The van der Waals surface area contributed by atoms with Gasteiger partial charge in [0.1, 0.15) is 0 Å². The maximum atomic E-state index is 5.27. The number of hydrogen-bond donors (Lipinski definition) is 3. The first kappa shape index (κ1) is 18.2. The third kappa shape index (κ3) is 5.20. The molecule has 0 aliphatic heterocycles. The molecular formula is C16H23N7O2. The Morgan fingerprint density at radius 1 is 0.920 bits per heavy atom. The van der Waals surface area contributed by atoms with E-state index in [-0.39, 0.29) is 0 Å². The molecule has 134 valence electrons. The van der Waals surface area contributed by atoms with Crippen LogP contribution < -0.4 is 25.5 Å². The SMILES string of the molecule is CCNc1nc(NCC)nc(N/N=C\c2ccc(OC)c(OC)c2)n1. The van der Waals surface area contributed by atoms with Gasteiger partial charge in [-0.15, -0.1) is 0 Å². The van der Waals surface area contributed by atoms with E-state index < -0.39 is 0 Å². The largest absolute Gasteiger partial charge is 0.493 e. The summed E-state index contributed by atoms with van der Waals surface area (Å²) in [6.07, 6.45) is 1.64. The van der Waals surface area contributed by atoms with Crippen molar-refractivity contribution in [3.8, 4) is 11.5 Å². The molecule has 1 heterocycles. The monoisotopic (exact) mass is 345 g/mol. The molecule has 0 aliphatic rings. The van der Waals surface area contributed by atoms with Crippen LogP contribution in [0.1, 0.15) is 19.4 Å². The van der Waals surface area contributed by atoms with Gasteiger partial charge in [-0.3, -0.25) is 0 Å². The first-order valence-corrected chi connectivity index (χ1v) is 7.95. The molecule has 2 aromatic rings. The quantitative estimate of drug-likeness (QED) is 0.469. The van der Waals surface area contributed by atoms with Gasteiger partial charge >= 0.3 is 0 Å². The Hall–Kier alpha value is -3.10. The zero-order chi connectivity index (χ0) is 18.1. The Balaban J connectivity index is 2.13. The molecule has 0 spiro atoms. The Bertz CT molecular complexity index is 697. The summed E-state index contributed by atoms with van der Waals surface area (Å²) in [5, 5.41) is 10.3. The normalized spacial score (nSPS) is 10.6. The number of nitrogens with zero attached hydrogens (tertiary/aromatic N) is 4. The zero-order valence-corrected chi connectivity index (χ0v) is 14.8. The smallest absolute Gasteiger partial charge is 0.250 e. The van der Waals surface area contributed by atoms with Crippen molar-refractivity contribution in [3.05, 3.63) is 23.8 Å². The van der Waals surface area contributed by atoms with Crippen molar-refractivity contribution < 1.29 is 9.47 Å². The summed E-state index contributed by atoms with van der Waals surface area (Å²) in [6, 6.07) is 5.51. The predicted octanol–water partition coefficient (Wildman–Crippen LogP) is 2.20. The van der Waals surface area contributed by atoms with Crippen molar-refractivity contribution in [1.29, 1.82) is 0 Å². The molecule has 2 rings (SSSR count). The molecule has 1 aromatic carbocycles. The van der Waals surface area contributed by atoms with E-state index in [0.29, 0.717) is 42.4 Å². The second-order valence-electron chi connectivity index (χ2n) is 4.85. The average Bonchev–Trinajstić information content (AvgIpc) is 2.62. The third-order valence-corrected chi connectivity index (χ3v) is 3.09. The first-order valence-electron chi connectivity index (χ1n) is 7.95. The van der Waals surface area contributed by atoms with Gasteiger partial charge in [0.15, 0.2) is 11.5 Å². The van der Waals surface area contributed by atoms with Gasteiger partial charge in [-0.05, 0) is 37.6 Å². The molecule has 0 radical (unpaired) electrons. The first-order chi connectivity index (χ1) is 12.2. The molecule has 9 nitrogen and oxygen atoms in total. The lowest BCUT2D eigenvalue weighted by Gasteiger charge is -2.08. The van der Waals surface area contributed by atoms with Crippen LogP contribution in [0, 0.1) is 0 Å². The van der Waals surface area contributed by atoms with Gasteiger partial charge in [0.2, 0.25) is 17.8 Å². The summed E-state index contributed by atoms with van der Waals surface area (Å²) < 4.78 is 10.5. The number of aromatic nitrogens is 3. The number of methoxy groups -OCH3 is 2. The number of ether oxygens (including phenoxy) is 2. The topological polar surface area (TPSA) is 106 Å². The van der Waals surface area contributed by atoms with Crippen molar-refractivity contribution in [3.63, 3.8) is 0 Å². The highest BCUT2D eigenvalue weighted by molar-refractivity contribution is 5.81. The van der Waals surface area contributed by atoms with Crippen LogP contribution in [0.15, 0.2) is 23.3 Å². The number of rotatable bonds is 9. The molecule has 0 saturated carbocycles. The van der Waals surface area contributed by atoms with Gasteiger partial charge in [0.25, 0.3) is 0 Å². The molecule has 3 N–H and O–H groups in total. The van der Waals surface area contributed by atoms with Gasteiger partial charge < -0.3 is 20.1 Å². The van der Waals surface area contributed by atoms with Crippen LogP contribution in [-0.4, -0.2) is 48.5 Å². The third-order valence-electron chi connectivity index (χ3n) is 3.09. The molecule has 0 unspecified atom stereocenters. The van der Waals surface area contributed by atoms with E-state index in [0.717, 1.165) is 5.56 Å². The minimum atomic E-state index is 0.346. The van der Waals surface area contributed by atoms with Crippen LogP contribution in [0.4, 0.5) is 17.8 Å². The fourth-order valence-electron chi connectivity index (χ4n) is 2.00. The van der Waals surface area contributed by atoms with E-state index in [9.17, 15) is 0 Å². The number of hydrazone groups is 1. The second kappa shape index (κ2) is 9.26. The Morgan fingerprint density at radius 2 is 1.52 bits per heavy atom. The zero-order valence-electron chi connectivity index (χ0n) is 14.8. The fourth-order valence-corrected chi connectivity index (χ4v) is 2.00. The maximum absolute atomic E-state index is 5.27. The molecule has 0 aliphatic carbocycles. The number of anilines is 3. The lowest BCUT2D eigenvalue weighted by molar-refractivity contribution is 0.355. The average molecular weight is 345 g/mol. The van der Waals surface area contributed by atoms with E-state index >= 15 is 0 Å². The summed E-state index contributed by atoms with van der Waals surface area (Å²) in [6.45, 7) is 5.37. The van der Waals surface area contributed by atoms with E-state index in [1.165, 1.54) is 0 Å². The van der Waals surface area contributed by atoms with Crippen LogP contribution >= 0.6 is 0 Å². The minimum Gasteiger partial charge on any atom is -0.493 e. The summed E-state index contributed by atoms with van der Waals surface area (Å²) in [7, 11) is 3.18. The summed E-state index contributed by atoms with van der Waals surface area (Å²) in [4.78, 5) is 12.8. The van der Waals surface area contributed by atoms with E-state index in [1.807, 2.05) is 32.0 Å².